The Balaban J connectivity index is 2.13. The van der Waals surface area contributed by atoms with Crippen LogP contribution in [0.5, 0.6) is 0 Å². The summed E-state index contributed by atoms with van der Waals surface area (Å²) in [5.74, 6) is 0.160. The molecule has 1 aromatic carbocycles. The van der Waals surface area contributed by atoms with Gasteiger partial charge in [-0.05, 0) is 37.3 Å². The first-order valence-corrected chi connectivity index (χ1v) is 8.07. The fraction of sp³-hybridized carbons (Fsp3) is 0.533. The number of nitrogens with one attached hydrogen (secondary N) is 1. The number of nitrogens with zero attached hydrogens (tertiary/aromatic N) is 1. The van der Waals surface area contributed by atoms with Crippen LogP contribution in [-0.4, -0.2) is 43.4 Å². The molecule has 0 bridgehead atoms. The van der Waals surface area contributed by atoms with Crippen LogP contribution in [0.15, 0.2) is 29.2 Å². The van der Waals surface area contributed by atoms with E-state index in [0.29, 0.717) is 13.2 Å². The van der Waals surface area contributed by atoms with E-state index in [1.54, 1.807) is 18.9 Å². The minimum Gasteiger partial charge on any atom is -0.385 e. The summed E-state index contributed by atoms with van der Waals surface area (Å²) in [6.45, 7) is 3.16. The van der Waals surface area contributed by atoms with Crippen molar-refractivity contribution in [3.05, 3.63) is 29.8 Å². The predicted molar refractivity (Wildman–Crippen MR) is 81.8 cm³/mol. The molecule has 1 heterocycles. The molecule has 1 aromatic rings. The first kappa shape index (κ1) is 15.4. The van der Waals surface area contributed by atoms with Gasteiger partial charge in [0.2, 0.25) is 5.91 Å². The van der Waals surface area contributed by atoms with E-state index in [2.05, 4.69) is 42.8 Å². The minimum absolute atomic E-state index is 0.0229. The number of ether oxygens (including phenoxy) is 1. The molecule has 5 heteroatoms. The summed E-state index contributed by atoms with van der Waals surface area (Å²) in [5, 5.41) is 3.30. The van der Waals surface area contributed by atoms with Crippen LogP contribution in [0, 0.1) is 0 Å². The van der Waals surface area contributed by atoms with E-state index in [4.69, 9.17) is 4.74 Å². The Kier molecular flexibility index (Phi) is 5.46. The van der Waals surface area contributed by atoms with E-state index < -0.39 is 0 Å². The monoisotopic (exact) mass is 294 g/mol. The molecule has 4 nitrogen and oxygen atoms in total. The van der Waals surface area contributed by atoms with Crippen molar-refractivity contribution in [2.45, 2.75) is 30.4 Å². The van der Waals surface area contributed by atoms with Crippen LogP contribution < -0.4 is 5.32 Å². The van der Waals surface area contributed by atoms with E-state index in [0.717, 1.165) is 12.0 Å². The van der Waals surface area contributed by atoms with Crippen molar-refractivity contribution in [3.63, 3.8) is 0 Å². The molecule has 2 atom stereocenters. The van der Waals surface area contributed by atoms with Crippen LogP contribution >= 0.6 is 11.8 Å². The molecule has 1 amide bonds. The van der Waals surface area contributed by atoms with Gasteiger partial charge in [-0.1, -0.05) is 12.1 Å². The van der Waals surface area contributed by atoms with E-state index >= 15 is 0 Å². The SMILES string of the molecule is COCCC(C)N1C(=O)CNC1c1ccc(SC)cc1. The Morgan fingerprint density at radius 1 is 1.45 bits per heavy atom. The molecule has 1 N–H and O–H groups in total. The number of carbonyl (C=O) groups excluding carboxylic acids is 1. The summed E-state index contributed by atoms with van der Waals surface area (Å²) in [4.78, 5) is 15.3. The summed E-state index contributed by atoms with van der Waals surface area (Å²) in [6.07, 6.45) is 2.89. The highest BCUT2D eigenvalue weighted by Gasteiger charge is 2.34. The van der Waals surface area contributed by atoms with Crippen LogP contribution in [0.1, 0.15) is 25.1 Å². The Morgan fingerprint density at radius 2 is 2.15 bits per heavy atom. The van der Waals surface area contributed by atoms with Crippen LogP contribution in [0.2, 0.25) is 0 Å². The van der Waals surface area contributed by atoms with Crippen molar-refractivity contribution in [2.24, 2.45) is 0 Å². The molecule has 0 radical (unpaired) electrons. The molecule has 0 spiro atoms. The second-order valence-corrected chi connectivity index (χ2v) is 5.87. The molecular weight excluding hydrogens is 272 g/mol. The largest absolute Gasteiger partial charge is 0.385 e. The quantitative estimate of drug-likeness (QED) is 0.817. The van der Waals surface area contributed by atoms with Crippen molar-refractivity contribution in [1.82, 2.24) is 10.2 Å². The number of methoxy groups -OCH3 is 1. The summed E-state index contributed by atoms with van der Waals surface area (Å²) < 4.78 is 5.12. The van der Waals surface area contributed by atoms with Crippen LogP contribution in [0.25, 0.3) is 0 Å². The Hall–Kier alpha value is -1.04. The van der Waals surface area contributed by atoms with Crippen LogP contribution in [-0.2, 0) is 9.53 Å². The van der Waals surface area contributed by atoms with Crippen molar-refractivity contribution in [1.29, 1.82) is 0 Å². The second kappa shape index (κ2) is 7.11. The minimum atomic E-state index is -0.0229. The lowest BCUT2D eigenvalue weighted by atomic mass is 10.1. The maximum atomic E-state index is 12.1. The van der Waals surface area contributed by atoms with E-state index in [1.807, 2.05) is 4.90 Å². The molecule has 20 heavy (non-hydrogen) atoms. The average molecular weight is 294 g/mol. The number of hydrogen-bond donors (Lipinski definition) is 1. The highest BCUT2D eigenvalue weighted by Crippen LogP contribution is 2.27. The smallest absolute Gasteiger partial charge is 0.238 e. The van der Waals surface area contributed by atoms with E-state index in [-0.39, 0.29) is 18.1 Å². The third-order valence-corrected chi connectivity index (χ3v) is 4.40. The van der Waals surface area contributed by atoms with Crippen LogP contribution in [0.3, 0.4) is 0 Å². The fourth-order valence-electron chi connectivity index (χ4n) is 2.51. The van der Waals surface area contributed by atoms with E-state index in [1.165, 1.54) is 4.90 Å². The highest BCUT2D eigenvalue weighted by molar-refractivity contribution is 7.98. The second-order valence-electron chi connectivity index (χ2n) is 4.99. The number of carbonyl (C=O) groups is 1. The summed E-state index contributed by atoms with van der Waals surface area (Å²) in [7, 11) is 1.69. The maximum Gasteiger partial charge on any atom is 0.238 e. The number of amides is 1. The number of benzene rings is 1. The molecule has 2 rings (SSSR count). The van der Waals surface area contributed by atoms with Gasteiger partial charge < -0.3 is 9.64 Å². The summed E-state index contributed by atoms with van der Waals surface area (Å²) in [6, 6.07) is 8.56. The van der Waals surface area contributed by atoms with Crippen molar-refractivity contribution >= 4 is 17.7 Å². The number of thioether (sulfide) groups is 1. The van der Waals surface area contributed by atoms with Crippen molar-refractivity contribution in [3.8, 4) is 0 Å². The number of hydrogen-bond acceptors (Lipinski definition) is 4. The Morgan fingerprint density at radius 3 is 2.75 bits per heavy atom. The zero-order valence-corrected chi connectivity index (χ0v) is 13.1. The Labute approximate surface area is 124 Å². The summed E-state index contributed by atoms with van der Waals surface area (Å²) in [5.41, 5.74) is 1.14. The lowest BCUT2D eigenvalue weighted by Crippen LogP contribution is -2.38. The zero-order valence-electron chi connectivity index (χ0n) is 12.3. The topological polar surface area (TPSA) is 41.6 Å². The lowest BCUT2D eigenvalue weighted by molar-refractivity contribution is -0.130. The normalized spacial score (nSPS) is 20.4. The average Bonchev–Trinajstić information content (AvgIpc) is 2.86. The standard InChI is InChI=1S/C15H22N2O2S/c1-11(8-9-19-2)17-14(18)10-16-15(17)12-4-6-13(20-3)7-5-12/h4-7,11,15-16H,8-10H2,1-3H3. The molecule has 0 aromatic heterocycles. The third-order valence-electron chi connectivity index (χ3n) is 3.66. The van der Waals surface area contributed by atoms with Crippen molar-refractivity contribution < 1.29 is 9.53 Å². The lowest BCUT2D eigenvalue weighted by Gasteiger charge is -2.30. The molecule has 110 valence electrons. The molecule has 0 saturated carbocycles. The third kappa shape index (κ3) is 3.34. The first-order valence-electron chi connectivity index (χ1n) is 6.84. The van der Waals surface area contributed by atoms with Crippen LogP contribution in [0.4, 0.5) is 0 Å². The predicted octanol–water partition coefficient (Wildman–Crippen LogP) is 2.26. The molecule has 1 aliphatic heterocycles. The van der Waals surface area contributed by atoms with Gasteiger partial charge in [-0.15, -0.1) is 11.8 Å². The Bertz CT molecular complexity index is 450. The van der Waals surface area contributed by atoms with E-state index in [9.17, 15) is 4.79 Å². The van der Waals surface area contributed by atoms with Crippen molar-refractivity contribution in [2.75, 3.05) is 26.5 Å². The maximum absolute atomic E-state index is 12.1. The van der Waals surface area contributed by atoms with Gasteiger partial charge in [-0.3, -0.25) is 10.1 Å². The molecule has 1 fully saturated rings. The van der Waals surface area contributed by atoms with Gasteiger partial charge in [-0.2, -0.15) is 0 Å². The van der Waals surface area contributed by atoms with Gasteiger partial charge in [0.15, 0.2) is 0 Å². The van der Waals surface area contributed by atoms with Gasteiger partial charge >= 0.3 is 0 Å². The van der Waals surface area contributed by atoms with Gasteiger partial charge in [0.05, 0.1) is 6.54 Å². The number of rotatable bonds is 6. The van der Waals surface area contributed by atoms with Gasteiger partial charge in [0, 0.05) is 24.7 Å². The van der Waals surface area contributed by atoms with Gasteiger partial charge in [0.25, 0.3) is 0 Å². The molecule has 1 aliphatic rings. The first-order chi connectivity index (χ1) is 9.67. The molecular formula is C15H22N2O2S. The fourth-order valence-corrected chi connectivity index (χ4v) is 2.92. The summed E-state index contributed by atoms with van der Waals surface area (Å²) >= 11 is 1.72. The molecule has 1 saturated heterocycles. The molecule has 0 aliphatic carbocycles. The highest BCUT2D eigenvalue weighted by atomic mass is 32.2. The van der Waals surface area contributed by atoms with Gasteiger partial charge in [-0.25, -0.2) is 0 Å². The van der Waals surface area contributed by atoms with Gasteiger partial charge in [0.1, 0.15) is 6.17 Å². The molecule has 2 unspecified atom stereocenters. The zero-order chi connectivity index (χ0) is 14.5.